The van der Waals surface area contributed by atoms with Crippen LogP contribution in [0.3, 0.4) is 0 Å². The summed E-state index contributed by atoms with van der Waals surface area (Å²) < 4.78 is 2.85. The number of aryl methyl sites for hydroxylation is 3. The van der Waals surface area contributed by atoms with Crippen molar-refractivity contribution in [1.82, 2.24) is 14.8 Å². The van der Waals surface area contributed by atoms with Crippen LogP contribution in [-0.4, -0.2) is 20.7 Å². The highest BCUT2D eigenvalue weighted by atomic mass is 32.1. The van der Waals surface area contributed by atoms with Gasteiger partial charge in [-0.25, -0.2) is 4.98 Å². The van der Waals surface area contributed by atoms with E-state index in [1.54, 1.807) is 20.9 Å². The summed E-state index contributed by atoms with van der Waals surface area (Å²) >= 11 is 1.55. The monoisotopic (exact) mass is 390 g/mol. The van der Waals surface area contributed by atoms with Crippen LogP contribution in [-0.2, 0) is 17.9 Å². The maximum absolute atomic E-state index is 13.3. The minimum Gasteiger partial charge on any atom is -0.282 e. The Labute approximate surface area is 168 Å². The molecule has 0 spiro atoms. The van der Waals surface area contributed by atoms with Gasteiger partial charge in [-0.05, 0) is 44.0 Å². The SMILES string of the molecule is Cc1cc(C)n(CC(=O)N(Cc2ccccc2)c2nc3c(C)cccc3s2)n1. The maximum Gasteiger partial charge on any atom is 0.250 e. The van der Waals surface area contributed by atoms with Crippen molar-refractivity contribution < 1.29 is 4.79 Å². The summed E-state index contributed by atoms with van der Waals surface area (Å²) in [5.41, 5.74) is 5.03. The van der Waals surface area contributed by atoms with Crippen molar-refractivity contribution in [2.75, 3.05) is 4.90 Å². The second kappa shape index (κ2) is 7.56. The summed E-state index contributed by atoms with van der Waals surface area (Å²) in [6.07, 6.45) is 0. The van der Waals surface area contributed by atoms with E-state index in [0.29, 0.717) is 6.54 Å². The van der Waals surface area contributed by atoms with Crippen molar-refractivity contribution >= 4 is 32.6 Å². The Hall–Kier alpha value is -2.99. The Morgan fingerprint density at radius 2 is 1.86 bits per heavy atom. The zero-order valence-corrected chi connectivity index (χ0v) is 17.0. The molecule has 1 amide bonds. The van der Waals surface area contributed by atoms with Crippen LogP contribution in [0.1, 0.15) is 22.5 Å². The molecule has 28 heavy (non-hydrogen) atoms. The van der Waals surface area contributed by atoms with Crippen LogP contribution in [0.2, 0.25) is 0 Å². The van der Waals surface area contributed by atoms with Crippen molar-refractivity contribution in [3.8, 4) is 0 Å². The zero-order chi connectivity index (χ0) is 19.7. The molecule has 0 N–H and O–H groups in total. The second-order valence-electron chi connectivity index (χ2n) is 6.97. The number of rotatable bonds is 5. The van der Waals surface area contributed by atoms with E-state index in [1.165, 1.54) is 0 Å². The van der Waals surface area contributed by atoms with Crippen LogP contribution in [0.4, 0.5) is 5.13 Å². The first-order valence-corrected chi connectivity index (χ1v) is 10.0. The number of carbonyl (C=O) groups is 1. The van der Waals surface area contributed by atoms with E-state index in [-0.39, 0.29) is 12.5 Å². The number of amides is 1. The molecule has 5 nitrogen and oxygen atoms in total. The number of nitrogens with zero attached hydrogens (tertiary/aromatic N) is 4. The van der Waals surface area contributed by atoms with Crippen LogP contribution >= 0.6 is 11.3 Å². The van der Waals surface area contributed by atoms with Crippen molar-refractivity contribution in [2.24, 2.45) is 0 Å². The summed E-state index contributed by atoms with van der Waals surface area (Å²) in [6.45, 7) is 6.63. The summed E-state index contributed by atoms with van der Waals surface area (Å²) in [4.78, 5) is 19.8. The van der Waals surface area contributed by atoms with Gasteiger partial charge in [0.1, 0.15) is 6.54 Å². The second-order valence-corrected chi connectivity index (χ2v) is 7.98. The lowest BCUT2D eigenvalue weighted by molar-refractivity contribution is -0.119. The van der Waals surface area contributed by atoms with Gasteiger partial charge in [0, 0.05) is 5.69 Å². The fourth-order valence-corrected chi connectivity index (χ4v) is 4.33. The van der Waals surface area contributed by atoms with Crippen molar-refractivity contribution in [3.05, 3.63) is 77.1 Å². The molecular weight excluding hydrogens is 368 g/mol. The standard InChI is InChI=1S/C22H22N4OS/c1-15-8-7-11-19-21(15)23-22(28-19)25(13-18-9-5-4-6-10-18)20(27)14-26-17(3)12-16(2)24-26/h4-12H,13-14H2,1-3H3. The highest BCUT2D eigenvalue weighted by Gasteiger charge is 2.22. The molecule has 0 atom stereocenters. The van der Waals surface area contributed by atoms with Crippen molar-refractivity contribution in [2.45, 2.75) is 33.9 Å². The quantitative estimate of drug-likeness (QED) is 0.498. The number of thiazole rings is 1. The lowest BCUT2D eigenvalue weighted by Crippen LogP contribution is -2.34. The third kappa shape index (κ3) is 3.68. The number of para-hydroxylation sites is 1. The van der Waals surface area contributed by atoms with Crippen LogP contribution in [0, 0.1) is 20.8 Å². The predicted octanol–water partition coefficient (Wildman–Crippen LogP) is 4.65. The number of hydrogen-bond donors (Lipinski definition) is 0. The molecule has 0 radical (unpaired) electrons. The Kier molecular flexibility index (Phi) is 4.96. The molecule has 0 fully saturated rings. The highest BCUT2D eigenvalue weighted by Crippen LogP contribution is 2.31. The van der Waals surface area contributed by atoms with Crippen LogP contribution < -0.4 is 4.90 Å². The first kappa shape index (κ1) is 18.4. The van der Waals surface area contributed by atoms with Crippen LogP contribution in [0.15, 0.2) is 54.6 Å². The van der Waals surface area contributed by atoms with Crippen molar-refractivity contribution in [3.63, 3.8) is 0 Å². The first-order valence-electron chi connectivity index (χ1n) is 9.23. The number of benzene rings is 2. The molecule has 0 aliphatic rings. The number of fused-ring (bicyclic) bond motifs is 1. The van der Waals surface area contributed by atoms with Gasteiger partial charge < -0.3 is 0 Å². The van der Waals surface area contributed by atoms with Gasteiger partial charge >= 0.3 is 0 Å². The fraction of sp³-hybridized carbons (Fsp3) is 0.227. The molecule has 0 saturated carbocycles. The maximum atomic E-state index is 13.3. The van der Waals surface area contributed by atoms with Crippen LogP contribution in [0.25, 0.3) is 10.2 Å². The van der Waals surface area contributed by atoms with Gasteiger partial charge in [-0.2, -0.15) is 5.10 Å². The molecule has 6 heteroatoms. The van der Waals surface area contributed by atoms with Gasteiger partial charge in [-0.15, -0.1) is 0 Å². The molecule has 0 saturated heterocycles. The topological polar surface area (TPSA) is 51.0 Å². The average molecular weight is 391 g/mol. The molecular formula is C22H22N4OS. The Morgan fingerprint density at radius 3 is 2.54 bits per heavy atom. The van der Waals surface area contributed by atoms with E-state index >= 15 is 0 Å². The Morgan fingerprint density at radius 1 is 1.07 bits per heavy atom. The van der Waals surface area contributed by atoms with E-state index in [1.807, 2.05) is 69.3 Å². The molecule has 4 aromatic rings. The van der Waals surface area contributed by atoms with E-state index in [4.69, 9.17) is 4.98 Å². The first-order chi connectivity index (χ1) is 13.5. The highest BCUT2D eigenvalue weighted by molar-refractivity contribution is 7.22. The lowest BCUT2D eigenvalue weighted by Gasteiger charge is -2.20. The van der Waals surface area contributed by atoms with E-state index in [0.717, 1.165) is 37.9 Å². The molecule has 0 aliphatic heterocycles. The van der Waals surface area contributed by atoms with Gasteiger partial charge in [-0.3, -0.25) is 14.4 Å². The third-order valence-electron chi connectivity index (χ3n) is 4.71. The molecule has 0 aliphatic carbocycles. The molecule has 0 unspecified atom stereocenters. The molecule has 2 aromatic heterocycles. The van der Waals surface area contributed by atoms with Gasteiger partial charge in [0.2, 0.25) is 0 Å². The number of hydrogen-bond acceptors (Lipinski definition) is 4. The smallest absolute Gasteiger partial charge is 0.250 e. The third-order valence-corrected chi connectivity index (χ3v) is 5.76. The predicted molar refractivity (Wildman–Crippen MR) is 114 cm³/mol. The number of anilines is 1. The molecule has 142 valence electrons. The molecule has 2 heterocycles. The zero-order valence-electron chi connectivity index (χ0n) is 16.2. The van der Waals surface area contributed by atoms with E-state index in [2.05, 4.69) is 11.2 Å². The summed E-state index contributed by atoms with van der Waals surface area (Å²) in [6, 6.07) is 18.1. The fourth-order valence-electron chi connectivity index (χ4n) is 3.27. The van der Waals surface area contributed by atoms with Crippen molar-refractivity contribution in [1.29, 1.82) is 0 Å². The van der Waals surface area contributed by atoms with Gasteiger partial charge in [0.05, 0.1) is 22.5 Å². The van der Waals surface area contributed by atoms with Gasteiger partial charge in [-0.1, -0.05) is 53.8 Å². The molecule has 4 rings (SSSR count). The Bertz CT molecular complexity index is 1130. The molecule has 2 aromatic carbocycles. The van der Waals surface area contributed by atoms with E-state index in [9.17, 15) is 4.79 Å². The lowest BCUT2D eigenvalue weighted by atomic mass is 10.2. The Balaban J connectivity index is 1.71. The number of carbonyl (C=O) groups excluding carboxylic acids is 1. The minimum absolute atomic E-state index is 0.0215. The van der Waals surface area contributed by atoms with Gasteiger partial charge in [0.15, 0.2) is 5.13 Å². The van der Waals surface area contributed by atoms with E-state index < -0.39 is 0 Å². The molecule has 0 bridgehead atoms. The largest absolute Gasteiger partial charge is 0.282 e. The number of aromatic nitrogens is 3. The summed E-state index contributed by atoms with van der Waals surface area (Å²) in [5, 5.41) is 5.16. The van der Waals surface area contributed by atoms with Gasteiger partial charge in [0.25, 0.3) is 5.91 Å². The summed E-state index contributed by atoms with van der Waals surface area (Å²) in [7, 11) is 0. The van der Waals surface area contributed by atoms with Crippen LogP contribution in [0.5, 0.6) is 0 Å². The minimum atomic E-state index is -0.0215. The summed E-state index contributed by atoms with van der Waals surface area (Å²) in [5.74, 6) is -0.0215. The average Bonchev–Trinajstić information content (AvgIpc) is 3.24. The normalized spacial score (nSPS) is 11.1.